The first-order valence-corrected chi connectivity index (χ1v) is 8.19. The third kappa shape index (κ3) is 4.63. The first kappa shape index (κ1) is 18.1. The third-order valence-corrected chi connectivity index (χ3v) is 4.30. The van der Waals surface area contributed by atoms with Crippen LogP contribution in [0.25, 0.3) is 0 Å². The fourth-order valence-corrected chi connectivity index (χ4v) is 2.68. The van der Waals surface area contributed by atoms with Gasteiger partial charge in [-0.15, -0.1) is 0 Å². The second kappa shape index (κ2) is 8.04. The number of carbonyl (C=O) groups is 2. The summed E-state index contributed by atoms with van der Waals surface area (Å²) < 4.78 is 10.6. The maximum absolute atomic E-state index is 12.6. The van der Waals surface area contributed by atoms with Gasteiger partial charge in [-0.3, -0.25) is 9.59 Å². The molecule has 6 nitrogen and oxygen atoms in total. The SMILES string of the molecule is COc1ccc(OC)c(CCC(=O)N(CC(C)C(=O)O)C2CC2)c1. The average molecular weight is 335 g/mol. The molecule has 2 rings (SSSR count). The molecule has 1 N–H and O–H groups in total. The van der Waals surface area contributed by atoms with Crippen LogP contribution in [-0.4, -0.2) is 48.7 Å². The fourth-order valence-electron chi connectivity index (χ4n) is 2.68. The van der Waals surface area contributed by atoms with Crippen molar-refractivity contribution in [1.29, 1.82) is 0 Å². The predicted molar refractivity (Wildman–Crippen MR) is 89.4 cm³/mol. The van der Waals surface area contributed by atoms with E-state index in [0.717, 1.165) is 29.9 Å². The molecule has 1 atom stereocenters. The minimum atomic E-state index is -0.872. The Hall–Kier alpha value is -2.24. The van der Waals surface area contributed by atoms with Crippen molar-refractivity contribution in [2.45, 2.75) is 38.6 Å². The molecule has 6 heteroatoms. The highest BCUT2D eigenvalue weighted by Crippen LogP contribution is 2.30. The molecule has 1 amide bonds. The summed E-state index contributed by atoms with van der Waals surface area (Å²) in [5.41, 5.74) is 0.909. The summed E-state index contributed by atoms with van der Waals surface area (Å²) in [6.45, 7) is 1.91. The summed E-state index contributed by atoms with van der Waals surface area (Å²) in [6.07, 6.45) is 2.78. The van der Waals surface area contributed by atoms with Gasteiger partial charge in [0.05, 0.1) is 20.1 Å². The maximum atomic E-state index is 12.6. The molecule has 0 radical (unpaired) electrons. The van der Waals surface area contributed by atoms with E-state index in [2.05, 4.69) is 0 Å². The fraction of sp³-hybridized carbons (Fsp3) is 0.556. The van der Waals surface area contributed by atoms with E-state index < -0.39 is 11.9 Å². The first-order chi connectivity index (χ1) is 11.5. The number of nitrogens with zero attached hydrogens (tertiary/aromatic N) is 1. The quantitative estimate of drug-likeness (QED) is 0.750. The molecule has 0 saturated heterocycles. The number of hydrogen-bond donors (Lipinski definition) is 1. The molecular weight excluding hydrogens is 310 g/mol. The van der Waals surface area contributed by atoms with Crippen LogP contribution in [0.15, 0.2) is 18.2 Å². The summed E-state index contributed by atoms with van der Waals surface area (Å²) >= 11 is 0. The number of amides is 1. The second-order valence-electron chi connectivity index (χ2n) is 6.19. The van der Waals surface area contributed by atoms with Gasteiger partial charge in [0.15, 0.2) is 0 Å². The Balaban J connectivity index is 2.01. The van der Waals surface area contributed by atoms with E-state index in [1.165, 1.54) is 0 Å². The predicted octanol–water partition coefficient (Wildman–Crippen LogP) is 2.35. The van der Waals surface area contributed by atoms with Crippen LogP contribution in [0, 0.1) is 5.92 Å². The summed E-state index contributed by atoms with van der Waals surface area (Å²) in [5, 5.41) is 9.08. The largest absolute Gasteiger partial charge is 0.497 e. The topological polar surface area (TPSA) is 76.1 Å². The van der Waals surface area contributed by atoms with Crippen molar-refractivity contribution in [3.63, 3.8) is 0 Å². The Morgan fingerprint density at radius 1 is 1.29 bits per heavy atom. The maximum Gasteiger partial charge on any atom is 0.308 e. The first-order valence-electron chi connectivity index (χ1n) is 8.19. The molecule has 0 aliphatic heterocycles. The molecule has 0 aromatic heterocycles. The van der Waals surface area contributed by atoms with Gasteiger partial charge in [0, 0.05) is 19.0 Å². The van der Waals surface area contributed by atoms with Crippen molar-refractivity contribution in [2.24, 2.45) is 5.92 Å². The van der Waals surface area contributed by atoms with Gasteiger partial charge in [-0.2, -0.15) is 0 Å². The van der Waals surface area contributed by atoms with E-state index >= 15 is 0 Å². The number of carboxylic acid groups (broad SMARTS) is 1. The highest BCUT2D eigenvalue weighted by molar-refractivity contribution is 5.78. The number of carbonyl (C=O) groups excluding carboxylic acids is 1. The lowest BCUT2D eigenvalue weighted by atomic mass is 10.1. The number of hydrogen-bond acceptors (Lipinski definition) is 4. The molecule has 24 heavy (non-hydrogen) atoms. The Morgan fingerprint density at radius 2 is 2.00 bits per heavy atom. The van der Waals surface area contributed by atoms with E-state index in [1.807, 2.05) is 18.2 Å². The van der Waals surface area contributed by atoms with Crippen LogP contribution in [0.4, 0.5) is 0 Å². The number of ether oxygens (including phenoxy) is 2. The standard InChI is InChI=1S/C18H25NO5/c1-12(18(21)22)11-19(14-5-6-14)17(20)9-4-13-10-15(23-2)7-8-16(13)24-3/h7-8,10,12,14H,4-6,9,11H2,1-3H3,(H,21,22). The molecule has 1 unspecified atom stereocenters. The summed E-state index contributed by atoms with van der Waals surface area (Å²) in [7, 11) is 3.19. The van der Waals surface area contributed by atoms with E-state index in [9.17, 15) is 9.59 Å². The molecule has 1 aliphatic carbocycles. The number of methoxy groups -OCH3 is 2. The van der Waals surface area contributed by atoms with Crippen molar-refractivity contribution < 1.29 is 24.2 Å². The Morgan fingerprint density at radius 3 is 2.54 bits per heavy atom. The van der Waals surface area contributed by atoms with Gasteiger partial charge in [0.25, 0.3) is 0 Å². The molecule has 1 aromatic carbocycles. The van der Waals surface area contributed by atoms with Gasteiger partial charge in [0.1, 0.15) is 11.5 Å². The number of aryl methyl sites for hydroxylation is 1. The van der Waals surface area contributed by atoms with Gasteiger partial charge < -0.3 is 19.5 Å². The minimum Gasteiger partial charge on any atom is -0.497 e. The van der Waals surface area contributed by atoms with Crippen LogP contribution in [0.3, 0.4) is 0 Å². The van der Waals surface area contributed by atoms with Crippen LogP contribution in [-0.2, 0) is 16.0 Å². The molecular formula is C18H25NO5. The summed E-state index contributed by atoms with van der Waals surface area (Å²) in [5.74, 6) is 0.0107. The number of rotatable bonds is 9. The Bertz CT molecular complexity index is 597. The normalized spacial score (nSPS) is 14.8. The highest BCUT2D eigenvalue weighted by atomic mass is 16.5. The third-order valence-electron chi connectivity index (χ3n) is 4.30. The molecule has 0 bridgehead atoms. The van der Waals surface area contributed by atoms with E-state index in [-0.39, 0.29) is 18.5 Å². The van der Waals surface area contributed by atoms with Crippen LogP contribution in [0.5, 0.6) is 11.5 Å². The number of carboxylic acids is 1. The Labute approximate surface area is 142 Å². The van der Waals surface area contributed by atoms with Crippen LogP contribution < -0.4 is 9.47 Å². The van der Waals surface area contributed by atoms with Crippen LogP contribution in [0.1, 0.15) is 31.7 Å². The van der Waals surface area contributed by atoms with Crippen molar-refractivity contribution in [3.8, 4) is 11.5 Å². The van der Waals surface area contributed by atoms with Crippen molar-refractivity contribution in [2.75, 3.05) is 20.8 Å². The monoisotopic (exact) mass is 335 g/mol. The van der Waals surface area contributed by atoms with E-state index in [0.29, 0.717) is 12.8 Å². The number of benzene rings is 1. The molecule has 1 aliphatic rings. The van der Waals surface area contributed by atoms with Gasteiger partial charge in [-0.25, -0.2) is 0 Å². The summed E-state index contributed by atoms with van der Waals surface area (Å²) in [4.78, 5) is 25.4. The molecule has 1 aromatic rings. The lowest BCUT2D eigenvalue weighted by molar-refractivity contribution is -0.143. The lowest BCUT2D eigenvalue weighted by Gasteiger charge is -2.24. The molecule has 0 spiro atoms. The molecule has 1 fully saturated rings. The van der Waals surface area contributed by atoms with Crippen molar-refractivity contribution in [1.82, 2.24) is 4.90 Å². The van der Waals surface area contributed by atoms with Crippen LogP contribution >= 0.6 is 0 Å². The lowest BCUT2D eigenvalue weighted by Crippen LogP contribution is -2.38. The van der Waals surface area contributed by atoms with Gasteiger partial charge in [-0.05, 0) is 43.0 Å². The van der Waals surface area contributed by atoms with Gasteiger partial charge in [-0.1, -0.05) is 6.92 Å². The van der Waals surface area contributed by atoms with E-state index in [1.54, 1.807) is 26.0 Å². The minimum absolute atomic E-state index is 0.00419. The second-order valence-corrected chi connectivity index (χ2v) is 6.19. The van der Waals surface area contributed by atoms with Gasteiger partial charge in [0.2, 0.25) is 5.91 Å². The zero-order valence-corrected chi connectivity index (χ0v) is 14.4. The van der Waals surface area contributed by atoms with E-state index in [4.69, 9.17) is 14.6 Å². The highest BCUT2D eigenvalue weighted by Gasteiger charge is 2.34. The Kier molecular flexibility index (Phi) is 6.06. The molecule has 1 saturated carbocycles. The average Bonchev–Trinajstić information content (AvgIpc) is 3.41. The van der Waals surface area contributed by atoms with Gasteiger partial charge >= 0.3 is 5.97 Å². The van der Waals surface area contributed by atoms with Crippen molar-refractivity contribution >= 4 is 11.9 Å². The zero-order chi connectivity index (χ0) is 17.7. The smallest absolute Gasteiger partial charge is 0.308 e. The zero-order valence-electron chi connectivity index (χ0n) is 14.4. The molecule has 0 heterocycles. The van der Waals surface area contributed by atoms with Crippen LogP contribution in [0.2, 0.25) is 0 Å². The summed E-state index contributed by atoms with van der Waals surface area (Å²) in [6, 6.07) is 5.71. The number of aliphatic carboxylic acids is 1. The van der Waals surface area contributed by atoms with Crippen molar-refractivity contribution in [3.05, 3.63) is 23.8 Å². The molecule has 132 valence electrons.